The van der Waals surface area contributed by atoms with Crippen molar-refractivity contribution >= 4 is 23.2 Å². The SMILES string of the molecule is CCCNCc1cccc(C)c1OC/C(Cl)=C/Cl. The maximum absolute atomic E-state index is 5.84. The predicted molar refractivity (Wildman–Crippen MR) is 78.5 cm³/mol. The molecule has 0 unspecified atom stereocenters. The summed E-state index contributed by atoms with van der Waals surface area (Å²) in [6.07, 6.45) is 1.11. The van der Waals surface area contributed by atoms with Crippen LogP contribution >= 0.6 is 23.2 Å². The van der Waals surface area contributed by atoms with E-state index in [2.05, 4.69) is 18.3 Å². The summed E-state index contributed by atoms with van der Waals surface area (Å²) in [6, 6.07) is 6.12. The highest BCUT2D eigenvalue weighted by Crippen LogP contribution is 2.24. The third kappa shape index (κ3) is 4.89. The molecule has 0 fully saturated rings. The first-order valence-corrected chi connectivity index (χ1v) is 6.87. The van der Waals surface area contributed by atoms with Gasteiger partial charge in [0.15, 0.2) is 0 Å². The average Bonchev–Trinajstić information content (AvgIpc) is 2.38. The molecule has 1 rings (SSSR count). The first-order valence-electron chi connectivity index (χ1n) is 6.05. The normalized spacial score (nSPS) is 11.7. The van der Waals surface area contributed by atoms with Gasteiger partial charge in [-0.25, -0.2) is 0 Å². The van der Waals surface area contributed by atoms with Crippen LogP contribution in [0.15, 0.2) is 28.8 Å². The first-order chi connectivity index (χ1) is 8.69. The summed E-state index contributed by atoms with van der Waals surface area (Å²) in [5.41, 5.74) is 3.57. The van der Waals surface area contributed by atoms with Crippen LogP contribution in [0.2, 0.25) is 0 Å². The van der Waals surface area contributed by atoms with E-state index >= 15 is 0 Å². The van der Waals surface area contributed by atoms with Crippen molar-refractivity contribution in [2.75, 3.05) is 13.2 Å². The Labute approximate surface area is 119 Å². The smallest absolute Gasteiger partial charge is 0.127 e. The zero-order valence-electron chi connectivity index (χ0n) is 10.8. The molecule has 0 spiro atoms. The topological polar surface area (TPSA) is 21.3 Å². The molecule has 0 heterocycles. The lowest BCUT2D eigenvalue weighted by molar-refractivity contribution is 0.351. The van der Waals surface area contributed by atoms with Gasteiger partial charge in [-0.05, 0) is 25.5 Å². The van der Waals surface area contributed by atoms with Crippen molar-refractivity contribution in [2.45, 2.75) is 26.8 Å². The molecule has 0 amide bonds. The quantitative estimate of drug-likeness (QED) is 0.759. The molecular formula is C14H19Cl2NO. The molecule has 0 saturated heterocycles. The van der Waals surface area contributed by atoms with Crippen molar-refractivity contribution in [2.24, 2.45) is 0 Å². The minimum absolute atomic E-state index is 0.302. The molecule has 0 aliphatic rings. The number of hydrogen-bond acceptors (Lipinski definition) is 2. The van der Waals surface area contributed by atoms with Crippen LogP contribution in [-0.4, -0.2) is 13.2 Å². The number of ether oxygens (including phenoxy) is 1. The number of nitrogens with one attached hydrogen (secondary N) is 1. The number of hydrogen-bond donors (Lipinski definition) is 1. The second-order valence-electron chi connectivity index (χ2n) is 4.08. The number of para-hydroxylation sites is 1. The zero-order valence-corrected chi connectivity index (χ0v) is 12.3. The predicted octanol–water partition coefficient (Wildman–Crippen LogP) is 4.19. The lowest BCUT2D eigenvalue weighted by Crippen LogP contribution is -2.15. The maximum Gasteiger partial charge on any atom is 0.127 e. The number of halogens is 2. The van der Waals surface area contributed by atoms with E-state index in [1.807, 2.05) is 19.1 Å². The zero-order chi connectivity index (χ0) is 13.4. The molecule has 1 N–H and O–H groups in total. The molecular weight excluding hydrogens is 269 g/mol. The summed E-state index contributed by atoms with van der Waals surface area (Å²) in [7, 11) is 0. The number of benzene rings is 1. The van der Waals surface area contributed by atoms with Crippen LogP contribution < -0.4 is 10.1 Å². The van der Waals surface area contributed by atoms with E-state index in [0.29, 0.717) is 11.6 Å². The van der Waals surface area contributed by atoms with Crippen LogP contribution in [0.1, 0.15) is 24.5 Å². The molecule has 0 aliphatic heterocycles. The highest BCUT2D eigenvalue weighted by Gasteiger charge is 2.07. The van der Waals surface area contributed by atoms with Crippen molar-refractivity contribution in [1.82, 2.24) is 5.32 Å². The molecule has 1 aromatic rings. The van der Waals surface area contributed by atoms with E-state index < -0.39 is 0 Å². The maximum atomic E-state index is 5.84. The Hall–Kier alpha value is -0.700. The van der Waals surface area contributed by atoms with Gasteiger partial charge in [0, 0.05) is 17.6 Å². The van der Waals surface area contributed by atoms with E-state index in [-0.39, 0.29) is 0 Å². The first kappa shape index (κ1) is 15.4. The molecule has 0 aliphatic carbocycles. The van der Waals surface area contributed by atoms with Crippen molar-refractivity contribution in [1.29, 1.82) is 0 Å². The second kappa shape index (κ2) is 8.41. The van der Waals surface area contributed by atoms with Gasteiger partial charge in [-0.1, -0.05) is 48.3 Å². The largest absolute Gasteiger partial charge is 0.487 e. The average molecular weight is 288 g/mol. The van der Waals surface area contributed by atoms with Gasteiger partial charge in [0.05, 0.1) is 5.03 Å². The standard InChI is InChI=1S/C14H19Cl2NO/c1-3-7-17-9-12-6-4-5-11(2)14(12)18-10-13(16)8-15/h4-6,8,17H,3,7,9-10H2,1-2H3/b13-8-. The van der Waals surface area contributed by atoms with E-state index in [9.17, 15) is 0 Å². The molecule has 4 heteroatoms. The van der Waals surface area contributed by atoms with E-state index in [4.69, 9.17) is 27.9 Å². The fraction of sp³-hybridized carbons (Fsp3) is 0.429. The molecule has 0 bridgehead atoms. The van der Waals surface area contributed by atoms with E-state index in [0.717, 1.165) is 36.4 Å². The summed E-state index contributed by atoms with van der Waals surface area (Å²) in [4.78, 5) is 0. The summed E-state index contributed by atoms with van der Waals surface area (Å²) in [5, 5.41) is 3.86. The highest BCUT2D eigenvalue weighted by atomic mass is 35.5. The molecule has 100 valence electrons. The van der Waals surface area contributed by atoms with Crippen molar-refractivity contribution in [3.8, 4) is 5.75 Å². The van der Waals surface area contributed by atoms with Gasteiger partial charge in [0.25, 0.3) is 0 Å². The van der Waals surface area contributed by atoms with E-state index in [1.165, 1.54) is 5.54 Å². The van der Waals surface area contributed by atoms with Gasteiger partial charge in [-0.2, -0.15) is 0 Å². The Bertz CT molecular complexity index is 405. The minimum Gasteiger partial charge on any atom is -0.487 e. The van der Waals surface area contributed by atoms with Gasteiger partial charge >= 0.3 is 0 Å². The van der Waals surface area contributed by atoms with Crippen LogP contribution in [0.4, 0.5) is 0 Å². The van der Waals surface area contributed by atoms with Gasteiger partial charge in [0.1, 0.15) is 12.4 Å². The Balaban J connectivity index is 2.73. The monoisotopic (exact) mass is 287 g/mol. The molecule has 0 aromatic heterocycles. The fourth-order valence-corrected chi connectivity index (χ4v) is 1.75. The van der Waals surface area contributed by atoms with Crippen molar-refractivity contribution in [3.05, 3.63) is 39.9 Å². The molecule has 0 saturated carbocycles. The van der Waals surface area contributed by atoms with Gasteiger partial charge in [-0.3, -0.25) is 0 Å². The molecule has 18 heavy (non-hydrogen) atoms. The molecule has 2 nitrogen and oxygen atoms in total. The van der Waals surface area contributed by atoms with Gasteiger partial charge < -0.3 is 10.1 Å². The third-order valence-electron chi connectivity index (χ3n) is 2.51. The van der Waals surface area contributed by atoms with Crippen LogP contribution in [0, 0.1) is 6.92 Å². The Morgan fingerprint density at radius 2 is 2.22 bits per heavy atom. The summed E-state index contributed by atoms with van der Waals surface area (Å²) in [5.74, 6) is 0.887. The van der Waals surface area contributed by atoms with Crippen LogP contribution in [0.25, 0.3) is 0 Å². The Morgan fingerprint density at radius 3 is 2.89 bits per heavy atom. The Morgan fingerprint density at radius 1 is 1.44 bits per heavy atom. The minimum atomic E-state index is 0.302. The summed E-state index contributed by atoms with van der Waals surface area (Å²) < 4.78 is 5.73. The van der Waals surface area contributed by atoms with Gasteiger partial charge in [-0.15, -0.1) is 0 Å². The van der Waals surface area contributed by atoms with Gasteiger partial charge in [0.2, 0.25) is 0 Å². The third-order valence-corrected chi connectivity index (χ3v) is 3.10. The van der Waals surface area contributed by atoms with Crippen LogP contribution in [-0.2, 0) is 6.54 Å². The van der Waals surface area contributed by atoms with Crippen molar-refractivity contribution in [3.63, 3.8) is 0 Å². The van der Waals surface area contributed by atoms with Crippen molar-refractivity contribution < 1.29 is 4.74 Å². The Kier molecular flexibility index (Phi) is 7.18. The molecule has 0 atom stereocenters. The molecule has 1 aromatic carbocycles. The van der Waals surface area contributed by atoms with Crippen LogP contribution in [0.3, 0.4) is 0 Å². The fourth-order valence-electron chi connectivity index (χ4n) is 1.63. The highest BCUT2D eigenvalue weighted by molar-refractivity contribution is 6.36. The molecule has 0 radical (unpaired) electrons. The summed E-state index contributed by atoms with van der Waals surface area (Å²) >= 11 is 11.3. The number of rotatable bonds is 7. The summed E-state index contributed by atoms with van der Waals surface area (Å²) in [6.45, 7) is 6.27. The second-order valence-corrected chi connectivity index (χ2v) is 4.79. The number of aryl methyl sites for hydroxylation is 1. The van der Waals surface area contributed by atoms with Crippen LogP contribution in [0.5, 0.6) is 5.75 Å². The lowest BCUT2D eigenvalue weighted by atomic mass is 10.1. The lowest BCUT2D eigenvalue weighted by Gasteiger charge is -2.14. The van der Waals surface area contributed by atoms with E-state index in [1.54, 1.807) is 0 Å².